The van der Waals surface area contributed by atoms with E-state index in [1.54, 1.807) is 0 Å². The predicted molar refractivity (Wildman–Crippen MR) is 141 cm³/mol. The Bertz CT molecular complexity index is 966. The average Bonchev–Trinajstić information content (AvgIpc) is 2.91. The van der Waals surface area contributed by atoms with Gasteiger partial charge >= 0.3 is 0 Å². The fraction of sp³-hybridized carbons (Fsp3) is 0.615. The number of unbranched alkanes of at least 4 members (excludes halogenated alkanes) is 3. The number of hydrogen-bond acceptors (Lipinski definition) is 8. The number of nitrogens with two attached hydrogens (primary N) is 1. The van der Waals surface area contributed by atoms with E-state index in [-0.39, 0.29) is 24.2 Å². The summed E-state index contributed by atoms with van der Waals surface area (Å²) in [7, 11) is 0. The van der Waals surface area contributed by atoms with Crippen LogP contribution in [0.4, 0.5) is 10.1 Å². The van der Waals surface area contributed by atoms with E-state index in [9.17, 15) is 0 Å². The molecule has 0 saturated heterocycles. The average molecular weight is 501 g/mol. The number of halogens is 1. The molecule has 3 aliphatic rings. The van der Waals surface area contributed by atoms with Crippen molar-refractivity contribution in [3.05, 3.63) is 47.1 Å². The van der Waals surface area contributed by atoms with Gasteiger partial charge in [-0.15, -0.1) is 0 Å². The Morgan fingerprint density at radius 1 is 1.17 bits per heavy atom. The Kier molecular flexibility index (Phi) is 9.41. The zero-order valence-corrected chi connectivity index (χ0v) is 21.5. The molecular weight excluding hydrogens is 459 g/mol. The fourth-order valence-electron chi connectivity index (χ4n) is 5.20. The Labute approximate surface area is 213 Å². The molecule has 36 heavy (non-hydrogen) atoms. The molecule has 3 aliphatic heterocycles. The molecule has 4 rings (SSSR count). The van der Waals surface area contributed by atoms with E-state index in [1.807, 2.05) is 25.3 Å². The normalized spacial score (nSPS) is 24.0. The van der Waals surface area contributed by atoms with Crippen LogP contribution in [-0.4, -0.2) is 51.2 Å². The molecule has 0 spiro atoms. The number of benzene rings is 1. The van der Waals surface area contributed by atoms with Gasteiger partial charge in [0, 0.05) is 43.5 Å². The van der Waals surface area contributed by atoms with Crippen LogP contribution in [0.15, 0.2) is 46.0 Å². The minimum atomic E-state index is -0.237. The molecule has 0 saturated carbocycles. The lowest BCUT2D eigenvalue weighted by Crippen LogP contribution is -2.65. The SMILES string of the molecule is CCc1cc(N2CCC3=C(CNC(C4NC=CCN4)N3)[C@H]2C)cc(OCCCCCCN=NN)c1F. The van der Waals surface area contributed by atoms with E-state index in [2.05, 4.69) is 49.5 Å². The van der Waals surface area contributed by atoms with Gasteiger partial charge in [0.1, 0.15) is 12.3 Å². The van der Waals surface area contributed by atoms with Crippen molar-refractivity contribution in [1.82, 2.24) is 21.3 Å². The Morgan fingerprint density at radius 3 is 2.81 bits per heavy atom. The quantitative estimate of drug-likeness (QED) is 0.137. The van der Waals surface area contributed by atoms with E-state index < -0.39 is 0 Å². The number of rotatable bonds is 11. The summed E-state index contributed by atoms with van der Waals surface area (Å²) in [5.41, 5.74) is 4.41. The highest BCUT2D eigenvalue weighted by Crippen LogP contribution is 2.34. The molecule has 0 aromatic heterocycles. The van der Waals surface area contributed by atoms with Crippen LogP contribution >= 0.6 is 0 Å². The van der Waals surface area contributed by atoms with Crippen molar-refractivity contribution in [3.63, 3.8) is 0 Å². The van der Waals surface area contributed by atoms with Crippen LogP contribution in [0.25, 0.3) is 0 Å². The third-order valence-electron chi connectivity index (χ3n) is 7.29. The first kappa shape index (κ1) is 26.2. The highest BCUT2D eigenvalue weighted by molar-refractivity contribution is 5.57. The Hall–Kier alpha value is -2.85. The minimum Gasteiger partial charge on any atom is -0.490 e. The molecular formula is C26H41FN8O. The fourth-order valence-corrected chi connectivity index (χ4v) is 5.20. The molecule has 0 fully saturated rings. The second-order valence-corrected chi connectivity index (χ2v) is 9.59. The maximum atomic E-state index is 15.1. The van der Waals surface area contributed by atoms with Gasteiger partial charge in [-0.1, -0.05) is 24.6 Å². The van der Waals surface area contributed by atoms with Crippen LogP contribution in [0, 0.1) is 5.82 Å². The molecule has 0 radical (unpaired) electrons. The molecule has 1 aromatic rings. The number of ether oxygens (including phenoxy) is 1. The monoisotopic (exact) mass is 500 g/mol. The van der Waals surface area contributed by atoms with E-state index in [0.717, 1.165) is 57.4 Å². The van der Waals surface area contributed by atoms with Crippen molar-refractivity contribution >= 4 is 5.69 Å². The van der Waals surface area contributed by atoms with E-state index in [1.165, 1.54) is 11.3 Å². The largest absolute Gasteiger partial charge is 0.490 e. The molecule has 0 aliphatic carbocycles. The zero-order chi connectivity index (χ0) is 25.3. The second-order valence-electron chi connectivity index (χ2n) is 9.59. The third-order valence-corrected chi connectivity index (χ3v) is 7.29. The number of anilines is 1. The first-order valence-corrected chi connectivity index (χ1v) is 13.3. The van der Waals surface area contributed by atoms with E-state index in [0.29, 0.717) is 30.9 Å². The molecule has 0 amide bonds. The molecule has 1 aromatic carbocycles. The van der Waals surface area contributed by atoms with Gasteiger partial charge in [-0.2, -0.15) is 5.11 Å². The summed E-state index contributed by atoms with van der Waals surface area (Å²) in [6, 6.07) is 4.08. The Balaban J connectivity index is 1.39. The van der Waals surface area contributed by atoms with Gasteiger partial charge in [-0.3, -0.25) is 10.6 Å². The second kappa shape index (κ2) is 12.9. The molecule has 198 valence electrons. The predicted octanol–water partition coefficient (Wildman–Crippen LogP) is 3.06. The molecule has 2 unspecified atom stereocenters. The van der Waals surface area contributed by atoms with Gasteiger partial charge in [0.2, 0.25) is 0 Å². The molecule has 0 bridgehead atoms. The van der Waals surface area contributed by atoms with Crippen molar-refractivity contribution in [3.8, 4) is 5.75 Å². The third kappa shape index (κ3) is 6.28. The van der Waals surface area contributed by atoms with Gasteiger partial charge in [0.05, 0.1) is 19.2 Å². The molecule has 6 N–H and O–H groups in total. The van der Waals surface area contributed by atoms with Crippen LogP contribution in [0.2, 0.25) is 0 Å². The van der Waals surface area contributed by atoms with Crippen LogP contribution in [0.3, 0.4) is 0 Å². The van der Waals surface area contributed by atoms with Crippen molar-refractivity contribution in [2.45, 2.75) is 70.7 Å². The number of nitrogens with zero attached hydrogens (tertiary/aromatic N) is 3. The lowest BCUT2D eigenvalue weighted by molar-refractivity contribution is 0.289. The van der Waals surface area contributed by atoms with Crippen LogP contribution in [0.5, 0.6) is 5.75 Å². The van der Waals surface area contributed by atoms with E-state index in [4.69, 9.17) is 10.6 Å². The summed E-state index contributed by atoms with van der Waals surface area (Å²) in [5, 5.41) is 21.2. The lowest BCUT2D eigenvalue weighted by atomic mass is 9.94. The standard InChI is InChI=1S/C26H41FN8O/c1-3-19-15-20(16-23(24(19)27)36-14-7-5-4-6-12-32-34-28)35-13-9-22-21(18(35)2)17-31-26(33-22)25-29-10-8-11-30-25/h8,10,15-16,18,25-26,29-31,33H,3-7,9,11-14,17H2,1-2H3,(H2,28,32)/t18-,25?,26?/m1/s1. The molecule has 3 heterocycles. The van der Waals surface area contributed by atoms with Gasteiger partial charge in [0.15, 0.2) is 11.6 Å². The highest BCUT2D eigenvalue weighted by atomic mass is 19.1. The summed E-state index contributed by atoms with van der Waals surface area (Å²) in [5.74, 6) is 5.14. The van der Waals surface area contributed by atoms with Crippen LogP contribution < -0.4 is 36.7 Å². The maximum absolute atomic E-state index is 15.1. The topological polar surface area (TPSA) is 111 Å². The summed E-state index contributed by atoms with van der Waals surface area (Å²) in [6.45, 7) is 7.94. The molecule has 9 nitrogen and oxygen atoms in total. The highest BCUT2D eigenvalue weighted by Gasteiger charge is 2.33. The summed E-state index contributed by atoms with van der Waals surface area (Å²) in [6.07, 6.45) is 9.79. The first-order chi connectivity index (χ1) is 17.6. The first-order valence-electron chi connectivity index (χ1n) is 13.3. The number of hydrogen-bond donors (Lipinski definition) is 5. The van der Waals surface area contributed by atoms with Gasteiger partial charge in [-0.05, 0) is 56.0 Å². The van der Waals surface area contributed by atoms with Gasteiger partial charge < -0.3 is 26.1 Å². The van der Waals surface area contributed by atoms with Crippen molar-refractivity contribution in [2.75, 3.05) is 37.7 Å². The van der Waals surface area contributed by atoms with Crippen molar-refractivity contribution in [2.24, 2.45) is 16.2 Å². The van der Waals surface area contributed by atoms with Crippen molar-refractivity contribution in [1.29, 1.82) is 0 Å². The number of aryl methyl sites for hydroxylation is 1. The van der Waals surface area contributed by atoms with Crippen LogP contribution in [-0.2, 0) is 6.42 Å². The summed E-state index contributed by atoms with van der Waals surface area (Å²) >= 11 is 0. The van der Waals surface area contributed by atoms with E-state index >= 15 is 4.39 Å². The smallest absolute Gasteiger partial charge is 0.168 e. The van der Waals surface area contributed by atoms with Gasteiger partial charge in [0.25, 0.3) is 0 Å². The zero-order valence-electron chi connectivity index (χ0n) is 21.5. The Morgan fingerprint density at radius 2 is 2.03 bits per heavy atom. The number of nitrogens with one attached hydrogen (secondary N) is 4. The maximum Gasteiger partial charge on any atom is 0.168 e. The lowest BCUT2D eigenvalue weighted by Gasteiger charge is -2.44. The van der Waals surface area contributed by atoms with Crippen LogP contribution in [0.1, 0.15) is 51.5 Å². The molecule has 3 atom stereocenters. The molecule has 10 heteroatoms. The van der Waals surface area contributed by atoms with Crippen molar-refractivity contribution < 1.29 is 9.13 Å². The summed E-state index contributed by atoms with van der Waals surface area (Å²) in [4.78, 5) is 2.37. The summed E-state index contributed by atoms with van der Waals surface area (Å²) < 4.78 is 21.0. The minimum absolute atomic E-state index is 0.134. The van der Waals surface area contributed by atoms with Gasteiger partial charge in [-0.25, -0.2) is 4.39 Å².